The number of aromatic nitrogens is 1. The third-order valence-corrected chi connectivity index (χ3v) is 3.38. The predicted octanol–water partition coefficient (Wildman–Crippen LogP) is 1.54. The lowest BCUT2D eigenvalue weighted by atomic mass is 10.2. The van der Waals surface area contributed by atoms with Crippen LogP contribution in [-0.2, 0) is 11.3 Å². The third kappa shape index (κ3) is 2.84. The molecule has 0 radical (unpaired) electrons. The van der Waals surface area contributed by atoms with Gasteiger partial charge < -0.3 is 19.4 Å². The van der Waals surface area contributed by atoms with E-state index in [0.29, 0.717) is 6.04 Å². The van der Waals surface area contributed by atoms with Crippen LogP contribution in [-0.4, -0.2) is 36.3 Å². The zero-order valence-electron chi connectivity index (χ0n) is 11.1. The fourth-order valence-electron chi connectivity index (χ4n) is 2.39. The number of oxazole rings is 1. The van der Waals surface area contributed by atoms with Crippen LogP contribution in [0, 0.1) is 0 Å². The summed E-state index contributed by atoms with van der Waals surface area (Å²) in [5.41, 5.74) is 0.990. The van der Waals surface area contributed by atoms with E-state index >= 15 is 0 Å². The van der Waals surface area contributed by atoms with Gasteiger partial charge in [-0.05, 0) is 26.7 Å². The Kier molecular flexibility index (Phi) is 3.26. The second-order valence-corrected chi connectivity index (χ2v) is 5.44. The SMILES string of the molecule is CC1CN(c2nc(CNC3CC3)co2)CC(C)O1. The summed E-state index contributed by atoms with van der Waals surface area (Å²) in [7, 11) is 0. The van der Waals surface area contributed by atoms with Gasteiger partial charge in [-0.2, -0.15) is 4.98 Å². The summed E-state index contributed by atoms with van der Waals surface area (Å²) in [4.78, 5) is 6.71. The molecule has 2 atom stereocenters. The zero-order chi connectivity index (χ0) is 12.5. The van der Waals surface area contributed by atoms with Gasteiger partial charge in [0.15, 0.2) is 0 Å². The van der Waals surface area contributed by atoms with Crippen molar-refractivity contribution in [3.8, 4) is 0 Å². The lowest BCUT2D eigenvalue weighted by Gasteiger charge is -2.34. The van der Waals surface area contributed by atoms with Crippen LogP contribution in [0.2, 0.25) is 0 Å². The van der Waals surface area contributed by atoms with Crippen LogP contribution in [0.15, 0.2) is 10.7 Å². The minimum Gasteiger partial charge on any atom is -0.432 e. The monoisotopic (exact) mass is 251 g/mol. The molecule has 0 amide bonds. The van der Waals surface area contributed by atoms with Crippen molar-refractivity contribution in [2.45, 2.75) is 51.5 Å². The lowest BCUT2D eigenvalue weighted by molar-refractivity contribution is -0.00670. The average molecular weight is 251 g/mol. The second-order valence-electron chi connectivity index (χ2n) is 5.44. The Morgan fingerprint density at radius 2 is 2.06 bits per heavy atom. The lowest BCUT2D eigenvalue weighted by Crippen LogP contribution is -2.45. The molecule has 1 N–H and O–H groups in total. The summed E-state index contributed by atoms with van der Waals surface area (Å²) < 4.78 is 11.3. The molecule has 2 heterocycles. The van der Waals surface area contributed by atoms with Crippen LogP contribution in [0.4, 0.5) is 6.01 Å². The minimum atomic E-state index is 0.230. The molecule has 1 aliphatic heterocycles. The smallest absolute Gasteiger partial charge is 0.297 e. The molecule has 0 spiro atoms. The largest absolute Gasteiger partial charge is 0.432 e. The highest BCUT2D eigenvalue weighted by molar-refractivity contribution is 5.28. The van der Waals surface area contributed by atoms with Crippen molar-refractivity contribution in [2.75, 3.05) is 18.0 Å². The van der Waals surface area contributed by atoms with Crippen LogP contribution in [0.25, 0.3) is 0 Å². The highest BCUT2D eigenvalue weighted by Crippen LogP contribution is 2.21. The summed E-state index contributed by atoms with van der Waals surface area (Å²) in [6.07, 6.45) is 4.81. The highest BCUT2D eigenvalue weighted by atomic mass is 16.5. The first-order valence-corrected chi connectivity index (χ1v) is 6.79. The predicted molar refractivity (Wildman–Crippen MR) is 68.6 cm³/mol. The molecule has 1 aromatic heterocycles. The molecule has 1 saturated carbocycles. The van der Waals surface area contributed by atoms with Crippen molar-refractivity contribution in [3.63, 3.8) is 0 Å². The van der Waals surface area contributed by atoms with Gasteiger partial charge in [-0.25, -0.2) is 0 Å². The highest BCUT2D eigenvalue weighted by Gasteiger charge is 2.26. The average Bonchev–Trinajstić information content (AvgIpc) is 3.02. The van der Waals surface area contributed by atoms with Crippen molar-refractivity contribution in [1.82, 2.24) is 10.3 Å². The number of hydrogen-bond donors (Lipinski definition) is 1. The van der Waals surface area contributed by atoms with Crippen LogP contribution in [0.1, 0.15) is 32.4 Å². The topological polar surface area (TPSA) is 50.5 Å². The van der Waals surface area contributed by atoms with Gasteiger partial charge in [0.1, 0.15) is 6.26 Å². The maximum absolute atomic E-state index is 5.71. The van der Waals surface area contributed by atoms with Crippen LogP contribution in [0.3, 0.4) is 0 Å². The van der Waals surface area contributed by atoms with E-state index in [0.717, 1.165) is 31.3 Å². The second kappa shape index (κ2) is 4.90. The molecule has 5 heteroatoms. The standard InChI is InChI=1S/C13H21N3O2/c1-9-6-16(7-10(2)18-9)13-15-12(8-17-13)5-14-11-3-4-11/h8-11,14H,3-7H2,1-2H3. The van der Waals surface area contributed by atoms with Gasteiger partial charge in [-0.3, -0.25) is 0 Å². The fraction of sp³-hybridized carbons (Fsp3) is 0.769. The Hall–Kier alpha value is -1.07. The first-order chi connectivity index (χ1) is 8.70. The Bertz CT molecular complexity index is 393. The van der Waals surface area contributed by atoms with E-state index in [1.54, 1.807) is 6.26 Å². The molecule has 1 saturated heterocycles. The van der Waals surface area contributed by atoms with Gasteiger partial charge in [0.25, 0.3) is 6.01 Å². The van der Waals surface area contributed by atoms with Crippen molar-refractivity contribution in [1.29, 1.82) is 0 Å². The van der Waals surface area contributed by atoms with Gasteiger partial charge in [0, 0.05) is 25.7 Å². The van der Waals surface area contributed by atoms with Crippen LogP contribution < -0.4 is 10.2 Å². The molecular weight excluding hydrogens is 230 g/mol. The number of morpholine rings is 1. The third-order valence-electron chi connectivity index (χ3n) is 3.38. The Morgan fingerprint density at radius 1 is 1.33 bits per heavy atom. The summed E-state index contributed by atoms with van der Waals surface area (Å²) in [5, 5.41) is 3.44. The number of nitrogens with one attached hydrogen (secondary N) is 1. The summed E-state index contributed by atoms with van der Waals surface area (Å²) >= 11 is 0. The molecule has 2 aliphatic rings. The first-order valence-electron chi connectivity index (χ1n) is 6.79. The van der Waals surface area contributed by atoms with E-state index < -0.39 is 0 Å². The molecule has 3 rings (SSSR count). The molecule has 2 fully saturated rings. The molecule has 18 heavy (non-hydrogen) atoms. The van der Waals surface area contributed by atoms with Gasteiger partial charge in [0.2, 0.25) is 0 Å². The molecular formula is C13H21N3O2. The number of nitrogens with zero attached hydrogens (tertiary/aromatic N) is 2. The van der Waals surface area contributed by atoms with E-state index in [-0.39, 0.29) is 12.2 Å². The summed E-state index contributed by atoms with van der Waals surface area (Å²) in [6.45, 7) is 6.67. The van der Waals surface area contributed by atoms with Gasteiger partial charge in [-0.1, -0.05) is 0 Å². The molecule has 1 aliphatic carbocycles. The molecule has 2 unspecified atom stereocenters. The van der Waals surface area contributed by atoms with E-state index in [2.05, 4.69) is 29.0 Å². The minimum absolute atomic E-state index is 0.230. The number of ether oxygens (including phenoxy) is 1. The Balaban J connectivity index is 1.60. The van der Waals surface area contributed by atoms with Crippen molar-refractivity contribution >= 4 is 6.01 Å². The van der Waals surface area contributed by atoms with Crippen molar-refractivity contribution in [3.05, 3.63) is 12.0 Å². The van der Waals surface area contributed by atoms with Crippen molar-refractivity contribution < 1.29 is 9.15 Å². The van der Waals surface area contributed by atoms with Gasteiger partial charge in [-0.15, -0.1) is 0 Å². The van der Waals surface area contributed by atoms with Crippen LogP contribution in [0.5, 0.6) is 0 Å². The van der Waals surface area contributed by atoms with E-state index in [4.69, 9.17) is 9.15 Å². The molecule has 0 aromatic carbocycles. The fourth-order valence-corrected chi connectivity index (χ4v) is 2.39. The number of hydrogen-bond acceptors (Lipinski definition) is 5. The maximum atomic E-state index is 5.71. The van der Waals surface area contributed by atoms with Gasteiger partial charge >= 0.3 is 0 Å². The van der Waals surface area contributed by atoms with E-state index in [9.17, 15) is 0 Å². The van der Waals surface area contributed by atoms with Crippen LogP contribution >= 0.6 is 0 Å². The summed E-state index contributed by atoms with van der Waals surface area (Å²) in [6, 6.07) is 1.43. The molecule has 100 valence electrons. The maximum Gasteiger partial charge on any atom is 0.297 e. The van der Waals surface area contributed by atoms with Crippen molar-refractivity contribution in [2.24, 2.45) is 0 Å². The number of rotatable bonds is 4. The van der Waals surface area contributed by atoms with E-state index in [1.807, 2.05) is 0 Å². The molecule has 5 nitrogen and oxygen atoms in total. The quantitative estimate of drug-likeness (QED) is 0.879. The number of anilines is 1. The first kappa shape index (κ1) is 12.0. The van der Waals surface area contributed by atoms with E-state index in [1.165, 1.54) is 12.8 Å². The Labute approximate surface area is 108 Å². The Morgan fingerprint density at radius 3 is 2.72 bits per heavy atom. The molecule has 0 bridgehead atoms. The van der Waals surface area contributed by atoms with Gasteiger partial charge in [0.05, 0.1) is 17.9 Å². The zero-order valence-corrected chi connectivity index (χ0v) is 11.1. The normalized spacial score (nSPS) is 28.7. The summed E-state index contributed by atoms with van der Waals surface area (Å²) in [5.74, 6) is 0. The molecule has 1 aromatic rings.